The molecule has 1 aliphatic rings. The maximum Gasteiger partial charge on any atom is 0.255 e. The van der Waals surface area contributed by atoms with Crippen molar-refractivity contribution in [1.82, 2.24) is 24.8 Å². The molecular formula is C29H32N6O5. The number of aromatic amines is 1. The number of aryl methyl sites for hydroxylation is 2. The standard InChI is InChI=1S/C29H32N6O5/c1-17-21(27(37)35-12-9-29(16-35,38-5)28-32-11-13-34(28)4)15-33-25(17)22(8-10-30)40-19-6-7-20-23(14-19)39-18(2)24(20)26(36)31-3/h6-8,10-11,13-15,30,33H,9,12,16H2,1-5H3,(H,31,36)/b22-8+,30-10?. The number of carbonyl (C=O) groups is 2. The van der Waals surface area contributed by atoms with Crippen LogP contribution >= 0.6 is 0 Å². The third-order valence-electron chi connectivity index (χ3n) is 7.51. The van der Waals surface area contributed by atoms with Gasteiger partial charge < -0.3 is 39.1 Å². The minimum Gasteiger partial charge on any atom is -0.460 e. The molecule has 40 heavy (non-hydrogen) atoms. The fourth-order valence-corrected chi connectivity index (χ4v) is 5.39. The van der Waals surface area contributed by atoms with Crippen molar-refractivity contribution in [3.63, 3.8) is 0 Å². The van der Waals surface area contributed by atoms with Gasteiger partial charge >= 0.3 is 0 Å². The van der Waals surface area contributed by atoms with E-state index in [9.17, 15) is 9.59 Å². The highest BCUT2D eigenvalue weighted by Crippen LogP contribution is 2.36. The summed E-state index contributed by atoms with van der Waals surface area (Å²) in [6.45, 7) is 4.49. The highest BCUT2D eigenvalue weighted by atomic mass is 16.5. The summed E-state index contributed by atoms with van der Waals surface area (Å²) < 4.78 is 19.8. The Kier molecular flexibility index (Phi) is 7.07. The number of benzene rings is 1. The van der Waals surface area contributed by atoms with Gasteiger partial charge in [0.25, 0.3) is 11.8 Å². The van der Waals surface area contributed by atoms with Crippen molar-refractivity contribution in [2.45, 2.75) is 25.9 Å². The largest absolute Gasteiger partial charge is 0.460 e. The topological polar surface area (TPSA) is 138 Å². The third kappa shape index (κ3) is 4.47. The van der Waals surface area contributed by atoms with Crippen molar-refractivity contribution < 1.29 is 23.5 Å². The molecule has 3 aromatic heterocycles. The lowest BCUT2D eigenvalue weighted by atomic mass is 10.0. The van der Waals surface area contributed by atoms with E-state index in [2.05, 4.69) is 15.3 Å². The number of nitrogens with zero attached hydrogens (tertiary/aromatic N) is 3. The molecule has 11 heteroatoms. The number of likely N-dealkylation sites (tertiary alicyclic amines) is 1. The Bertz CT molecular complexity index is 1640. The van der Waals surface area contributed by atoms with Gasteiger partial charge in [-0.25, -0.2) is 4.98 Å². The first-order valence-corrected chi connectivity index (χ1v) is 12.9. The number of furan rings is 1. The summed E-state index contributed by atoms with van der Waals surface area (Å²) in [6, 6.07) is 5.20. The number of ether oxygens (including phenoxy) is 2. The predicted molar refractivity (Wildman–Crippen MR) is 150 cm³/mol. The second kappa shape index (κ2) is 10.5. The van der Waals surface area contributed by atoms with E-state index in [4.69, 9.17) is 19.3 Å². The lowest BCUT2D eigenvalue weighted by Crippen LogP contribution is -2.37. The van der Waals surface area contributed by atoms with Crippen molar-refractivity contribution in [1.29, 1.82) is 5.41 Å². The molecule has 0 spiro atoms. The number of imidazole rings is 1. The summed E-state index contributed by atoms with van der Waals surface area (Å²) in [7, 11) is 5.14. The molecule has 5 rings (SSSR count). The number of hydrogen-bond donors (Lipinski definition) is 3. The molecule has 0 bridgehead atoms. The van der Waals surface area contributed by atoms with Crippen LogP contribution in [0, 0.1) is 19.3 Å². The van der Waals surface area contributed by atoms with Crippen LogP contribution < -0.4 is 10.1 Å². The molecule has 0 radical (unpaired) electrons. The van der Waals surface area contributed by atoms with E-state index < -0.39 is 5.60 Å². The molecule has 1 aliphatic heterocycles. The summed E-state index contributed by atoms with van der Waals surface area (Å²) >= 11 is 0. The van der Waals surface area contributed by atoms with E-state index in [1.165, 1.54) is 6.08 Å². The number of rotatable bonds is 8. The first-order valence-electron chi connectivity index (χ1n) is 12.9. The molecule has 2 amide bonds. The smallest absolute Gasteiger partial charge is 0.255 e. The van der Waals surface area contributed by atoms with E-state index in [1.807, 2.05) is 24.7 Å². The summed E-state index contributed by atoms with van der Waals surface area (Å²) in [6.07, 6.45) is 8.52. The van der Waals surface area contributed by atoms with Gasteiger partial charge in [-0.2, -0.15) is 0 Å². The maximum absolute atomic E-state index is 13.6. The Hall–Kier alpha value is -4.64. The number of methoxy groups -OCH3 is 1. The molecule has 1 atom stereocenters. The molecule has 1 fully saturated rings. The van der Waals surface area contributed by atoms with E-state index in [-0.39, 0.29) is 11.8 Å². The molecule has 0 aliphatic carbocycles. The average molecular weight is 545 g/mol. The Morgan fingerprint density at radius 1 is 1.30 bits per heavy atom. The van der Waals surface area contributed by atoms with Gasteiger partial charge in [0, 0.05) is 76.5 Å². The summed E-state index contributed by atoms with van der Waals surface area (Å²) in [5, 5.41) is 11.0. The van der Waals surface area contributed by atoms with Crippen LogP contribution in [0.4, 0.5) is 0 Å². The van der Waals surface area contributed by atoms with Gasteiger partial charge in [0.1, 0.15) is 28.5 Å². The van der Waals surface area contributed by atoms with E-state index in [0.717, 1.165) is 12.0 Å². The third-order valence-corrected chi connectivity index (χ3v) is 7.51. The number of aromatic nitrogens is 3. The monoisotopic (exact) mass is 544 g/mol. The zero-order valence-electron chi connectivity index (χ0n) is 23.1. The fourth-order valence-electron chi connectivity index (χ4n) is 5.39. The maximum atomic E-state index is 13.6. The summed E-state index contributed by atoms with van der Waals surface area (Å²) in [5.74, 6) is 1.76. The van der Waals surface area contributed by atoms with Gasteiger partial charge in [-0.3, -0.25) is 9.59 Å². The average Bonchev–Trinajstić information content (AvgIpc) is 3.72. The molecule has 1 unspecified atom stereocenters. The molecule has 3 N–H and O–H groups in total. The van der Waals surface area contributed by atoms with E-state index in [1.54, 1.807) is 56.6 Å². The number of fused-ring (bicyclic) bond motifs is 1. The molecule has 208 valence electrons. The van der Waals surface area contributed by atoms with Crippen LogP contribution in [0.3, 0.4) is 0 Å². The Morgan fingerprint density at radius 2 is 2.10 bits per heavy atom. The lowest BCUT2D eigenvalue weighted by molar-refractivity contribution is -0.0142. The van der Waals surface area contributed by atoms with Gasteiger partial charge in [-0.1, -0.05) is 0 Å². The van der Waals surface area contributed by atoms with Gasteiger partial charge in [0.15, 0.2) is 5.76 Å². The first kappa shape index (κ1) is 26.9. The minimum absolute atomic E-state index is 0.128. The normalized spacial score (nSPS) is 17.4. The van der Waals surface area contributed by atoms with Gasteiger partial charge in [0.2, 0.25) is 0 Å². The lowest BCUT2D eigenvalue weighted by Gasteiger charge is -2.27. The van der Waals surface area contributed by atoms with E-state index >= 15 is 0 Å². The highest BCUT2D eigenvalue weighted by Gasteiger charge is 2.45. The van der Waals surface area contributed by atoms with Crippen LogP contribution in [-0.2, 0) is 17.4 Å². The van der Waals surface area contributed by atoms with Crippen LogP contribution in [0.5, 0.6) is 5.75 Å². The Morgan fingerprint density at radius 3 is 2.77 bits per heavy atom. The minimum atomic E-state index is -0.671. The Labute approximate surface area is 231 Å². The van der Waals surface area contributed by atoms with Crippen LogP contribution in [0.25, 0.3) is 16.7 Å². The molecule has 11 nitrogen and oxygen atoms in total. The second-order valence-corrected chi connectivity index (χ2v) is 9.81. The van der Waals surface area contributed by atoms with Crippen LogP contribution in [0.2, 0.25) is 0 Å². The van der Waals surface area contributed by atoms with Crippen molar-refractivity contribution in [2.75, 3.05) is 27.2 Å². The number of nitrogens with one attached hydrogen (secondary N) is 3. The second-order valence-electron chi connectivity index (χ2n) is 9.81. The van der Waals surface area contributed by atoms with Crippen LogP contribution in [0.15, 0.2) is 47.3 Å². The summed E-state index contributed by atoms with van der Waals surface area (Å²) in [5.41, 5.74) is 2.09. The molecule has 1 saturated heterocycles. The molecule has 0 saturated carbocycles. The zero-order valence-corrected chi connectivity index (χ0v) is 23.1. The van der Waals surface area contributed by atoms with Crippen molar-refractivity contribution in [2.24, 2.45) is 7.05 Å². The first-order chi connectivity index (χ1) is 19.2. The van der Waals surface area contributed by atoms with Crippen molar-refractivity contribution in [3.8, 4) is 5.75 Å². The number of carbonyl (C=O) groups excluding carboxylic acids is 2. The number of allylic oxidation sites excluding steroid dienone is 1. The quantitative estimate of drug-likeness (QED) is 0.227. The number of amides is 2. The van der Waals surface area contributed by atoms with Crippen LogP contribution in [-0.4, -0.2) is 64.7 Å². The Balaban J connectivity index is 1.39. The van der Waals surface area contributed by atoms with Crippen molar-refractivity contribution >= 4 is 34.8 Å². The predicted octanol–water partition coefficient (Wildman–Crippen LogP) is 3.93. The SMILES string of the molecule is CNC(=O)c1c(C)oc2cc(O/C(=C/C=N)c3[nH]cc(C(=O)N4CCC(OC)(c5nccn5C)C4)c3C)ccc12. The van der Waals surface area contributed by atoms with Crippen LogP contribution in [0.1, 0.15) is 50.0 Å². The van der Waals surface area contributed by atoms with Gasteiger partial charge in [0.05, 0.1) is 23.4 Å². The molecule has 4 aromatic rings. The molecular weight excluding hydrogens is 512 g/mol. The van der Waals surface area contributed by atoms with E-state index in [0.29, 0.717) is 70.1 Å². The zero-order chi connectivity index (χ0) is 28.6. The number of hydrogen-bond acceptors (Lipinski definition) is 7. The summed E-state index contributed by atoms with van der Waals surface area (Å²) in [4.78, 5) is 35.3. The molecule has 1 aromatic carbocycles. The van der Waals surface area contributed by atoms with Gasteiger partial charge in [-0.05, 0) is 31.5 Å². The van der Waals surface area contributed by atoms with Crippen molar-refractivity contribution in [3.05, 3.63) is 76.8 Å². The molecule has 4 heterocycles. The fraction of sp³-hybridized carbons (Fsp3) is 0.310. The number of H-pyrrole nitrogens is 1. The van der Waals surface area contributed by atoms with Gasteiger partial charge in [-0.15, -0.1) is 0 Å². The highest BCUT2D eigenvalue weighted by molar-refractivity contribution is 6.07.